The Bertz CT molecular complexity index is 1040. The van der Waals surface area contributed by atoms with Gasteiger partial charge in [0.2, 0.25) is 0 Å². The number of carbonyl (C=O) groups is 1. The third-order valence-electron chi connectivity index (χ3n) is 5.41. The number of carbonyl (C=O) groups excluding carboxylic acids is 1. The molecule has 2 N–H and O–H groups in total. The molecule has 1 fully saturated rings. The summed E-state index contributed by atoms with van der Waals surface area (Å²) in [5, 5.41) is 14.5. The molecule has 8 heteroatoms. The van der Waals surface area contributed by atoms with Crippen molar-refractivity contribution in [2.24, 2.45) is 0 Å². The lowest BCUT2D eigenvalue weighted by Crippen LogP contribution is -2.30. The van der Waals surface area contributed by atoms with Crippen LogP contribution in [-0.4, -0.2) is 43.5 Å². The first-order chi connectivity index (χ1) is 15.7. The highest BCUT2D eigenvalue weighted by Crippen LogP contribution is 2.34. The number of methoxy groups -OCH3 is 2. The lowest BCUT2D eigenvalue weighted by atomic mass is 10.1. The molecule has 2 heterocycles. The third kappa shape index (κ3) is 4.91. The molecule has 32 heavy (non-hydrogen) atoms. The maximum Gasteiger partial charge on any atom is 0.323 e. The molecule has 0 bridgehead atoms. The second kappa shape index (κ2) is 10.00. The Morgan fingerprint density at radius 2 is 1.59 bits per heavy atom. The molecule has 4 rings (SSSR count). The van der Waals surface area contributed by atoms with Gasteiger partial charge in [-0.2, -0.15) is 0 Å². The van der Waals surface area contributed by atoms with Crippen LogP contribution in [-0.2, 0) is 0 Å². The van der Waals surface area contributed by atoms with Crippen molar-refractivity contribution in [2.45, 2.75) is 19.3 Å². The van der Waals surface area contributed by atoms with Gasteiger partial charge in [0.15, 0.2) is 5.82 Å². The number of urea groups is 1. The van der Waals surface area contributed by atoms with Gasteiger partial charge in [-0.1, -0.05) is 18.2 Å². The van der Waals surface area contributed by atoms with Gasteiger partial charge in [-0.25, -0.2) is 4.79 Å². The van der Waals surface area contributed by atoms with Gasteiger partial charge >= 0.3 is 6.03 Å². The minimum absolute atomic E-state index is 0.406. The Balaban J connectivity index is 1.46. The van der Waals surface area contributed by atoms with E-state index in [0.29, 0.717) is 22.9 Å². The molecule has 0 atom stereocenters. The second-order valence-corrected chi connectivity index (χ2v) is 7.52. The van der Waals surface area contributed by atoms with Gasteiger partial charge in [-0.05, 0) is 55.7 Å². The Morgan fingerprint density at radius 1 is 0.875 bits per heavy atom. The van der Waals surface area contributed by atoms with Crippen molar-refractivity contribution < 1.29 is 14.3 Å². The van der Waals surface area contributed by atoms with Gasteiger partial charge in [0.05, 0.1) is 19.9 Å². The van der Waals surface area contributed by atoms with Crippen LogP contribution in [0.4, 0.5) is 22.0 Å². The molecule has 1 saturated heterocycles. The summed E-state index contributed by atoms with van der Waals surface area (Å²) in [5.41, 5.74) is 2.72. The lowest BCUT2D eigenvalue weighted by Gasteiger charge is -2.27. The number of ether oxygens (including phenoxy) is 2. The molecule has 1 aromatic heterocycles. The number of piperidine rings is 1. The number of aromatic nitrogens is 2. The Labute approximate surface area is 187 Å². The smallest absolute Gasteiger partial charge is 0.323 e. The number of nitrogens with zero attached hydrogens (tertiary/aromatic N) is 3. The molecule has 0 unspecified atom stereocenters. The third-order valence-corrected chi connectivity index (χ3v) is 5.41. The highest BCUT2D eigenvalue weighted by Gasteiger charge is 2.15. The number of hydrogen-bond donors (Lipinski definition) is 2. The van der Waals surface area contributed by atoms with Crippen molar-refractivity contribution in [3.63, 3.8) is 0 Å². The highest BCUT2D eigenvalue weighted by molar-refractivity contribution is 6.02. The number of benzene rings is 2. The maximum atomic E-state index is 12.6. The zero-order valence-electron chi connectivity index (χ0n) is 18.3. The number of nitrogens with one attached hydrogen (secondary N) is 2. The van der Waals surface area contributed by atoms with Crippen LogP contribution in [0, 0.1) is 0 Å². The van der Waals surface area contributed by atoms with Crippen LogP contribution in [0.5, 0.6) is 11.5 Å². The van der Waals surface area contributed by atoms with E-state index >= 15 is 0 Å². The molecule has 0 saturated carbocycles. The number of rotatable bonds is 6. The predicted molar refractivity (Wildman–Crippen MR) is 126 cm³/mol. The molecular formula is C24H27N5O3. The van der Waals surface area contributed by atoms with E-state index in [9.17, 15) is 4.79 Å². The van der Waals surface area contributed by atoms with E-state index < -0.39 is 6.03 Å². The molecule has 0 radical (unpaired) electrons. The fourth-order valence-corrected chi connectivity index (χ4v) is 3.78. The van der Waals surface area contributed by atoms with Crippen molar-refractivity contribution in [2.75, 3.05) is 42.8 Å². The van der Waals surface area contributed by atoms with Gasteiger partial charge in [-0.3, -0.25) is 0 Å². The summed E-state index contributed by atoms with van der Waals surface area (Å²) in [7, 11) is 3.08. The van der Waals surface area contributed by atoms with Gasteiger partial charge in [0, 0.05) is 24.3 Å². The normalized spacial score (nSPS) is 13.4. The predicted octanol–water partition coefficient (Wildman–Crippen LogP) is 4.80. The monoisotopic (exact) mass is 433 g/mol. The van der Waals surface area contributed by atoms with Gasteiger partial charge < -0.3 is 25.0 Å². The first kappa shape index (κ1) is 21.4. The van der Waals surface area contributed by atoms with Crippen LogP contribution < -0.4 is 25.0 Å². The van der Waals surface area contributed by atoms with Gasteiger partial charge in [-0.15, -0.1) is 10.2 Å². The zero-order chi connectivity index (χ0) is 22.3. The summed E-state index contributed by atoms with van der Waals surface area (Å²) in [6.07, 6.45) is 3.67. The van der Waals surface area contributed by atoms with E-state index in [-0.39, 0.29) is 0 Å². The first-order valence-electron chi connectivity index (χ1n) is 10.7. The minimum Gasteiger partial charge on any atom is -0.494 e. The summed E-state index contributed by atoms with van der Waals surface area (Å²) in [6, 6.07) is 16.4. The van der Waals surface area contributed by atoms with Gasteiger partial charge in [0.1, 0.15) is 17.2 Å². The Kier molecular flexibility index (Phi) is 6.69. The number of para-hydroxylation sites is 1. The molecule has 2 amide bonds. The molecule has 166 valence electrons. The molecule has 2 aromatic carbocycles. The molecule has 3 aromatic rings. The van der Waals surface area contributed by atoms with E-state index in [4.69, 9.17) is 9.47 Å². The Hall–Kier alpha value is -3.81. The number of hydrogen-bond acceptors (Lipinski definition) is 6. The summed E-state index contributed by atoms with van der Waals surface area (Å²) >= 11 is 0. The van der Waals surface area contributed by atoms with Crippen LogP contribution in [0.25, 0.3) is 11.3 Å². The second-order valence-electron chi connectivity index (χ2n) is 7.52. The van der Waals surface area contributed by atoms with Crippen LogP contribution >= 0.6 is 0 Å². The van der Waals surface area contributed by atoms with Crippen molar-refractivity contribution in [3.8, 4) is 22.8 Å². The first-order valence-corrected chi connectivity index (χ1v) is 10.7. The van der Waals surface area contributed by atoms with Crippen LogP contribution in [0.3, 0.4) is 0 Å². The minimum atomic E-state index is -0.406. The number of amides is 2. The highest BCUT2D eigenvalue weighted by atomic mass is 16.5. The largest absolute Gasteiger partial charge is 0.494 e. The van der Waals surface area contributed by atoms with E-state index in [1.54, 1.807) is 32.4 Å². The topological polar surface area (TPSA) is 88.6 Å². The lowest BCUT2D eigenvalue weighted by molar-refractivity contribution is 0.262. The zero-order valence-corrected chi connectivity index (χ0v) is 18.3. The van der Waals surface area contributed by atoms with Crippen LogP contribution in [0.1, 0.15) is 19.3 Å². The summed E-state index contributed by atoms with van der Waals surface area (Å²) in [6.45, 7) is 2.05. The van der Waals surface area contributed by atoms with Crippen molar-refractivity contribution in [1.29, 1.82) is 0 Å². The standard InChI is InChI=1S/C24H27N5O3/c1-31-20-10-7-11-21(32-2)23(20)26-24(30)25-18-9-6-8-17(16-18)19-12-13-22(28-27-19)29-14-4-3-5-15-29/h6-13,16H,3-5,14-15H2,1-2H3,(H2,25,26,30). The van der Waals surface area contributed by atoms with Crippen molar-refractivity contribution in [3.05, 3.63) is 54.6 Å². The number of anilines is 3. The summed E-state index contributed by atoms with van der Waals surface area (Å²) < 4.78 is 10.7. The van der Waals surface area contributed by atoms with Gasteiger partial charge in [0.25, 0.3) is 0 Å². The molecule has 0 aliphatic carbocycles. The SMILES string of the molecule is COc1cccc(OC)c1NC(=O)Nc1cccc(-c2ccc(N3CCCCC3)nn2)c1. The average Bonchev–Trinajstić information content (AvgIpc) is 2.85. The maximum absolute atomic E-state index is 12.6. The fourth-order valence-electron chi connectivity index (χ4n) is 3.78. The van der Waals surface area contributed by atoms with E-state index in [0.717, 1.165) is 30.2 Å². The van der Waals surface area contributed by atoms with E-state index in [2.05, 4.69) is 25.7 Å². The molecular weight excluding hydrogens is 406 g/mol. The van der Waals surface area contributed by atoms with Crippen LogP contribution in [0.2, 0.25) is 0 Å². The van der Waals surface area contributed by atoms with E-state index in [1.165, 1.54) is 19.3 Å². The molecule has 0 spiro atoms. The van der Waals surface area contributed by atoms with Crippen molar-refractivity contribution in [1.82, 2.24) is 10.2 Å². The molecule has 1 aliphatic rings. The summed E-state index contributed by atoms with van der Waals surface area (Å²) in [4.78, 5) is 14.9. The van der Waals surface area contributed by atoms with Crippen molar-refractivity contribution >= 4 is 23.2 Å². The fraction of sp³-hybridized carbons (Fsp3) is 0.292. The van der Waals surface area contributed by atoms with E-state index in [1.807, 2.05) is 36.4 Å². The molecule has 1 aliphatic heterocycles. The quantitative estimate of drug-likeness (QED) is 0.581. The summed E-state index contributed by atoms with van der Waals surface area (Å²) in [5.74, 6) is 1.93. The average molecular weight is 434 g/mol. The van der Waals surface area contributed by atoms with Crippen LogP contribution in [0.15, 0.2) is 54.6 Å². The molecule has 8 nitrogen and oxygen atoms in total. The Morgan fingerprint density at radius 3 is 2.25 bits per heavy atom.